The quantitative estimate of drug-likeness (QED) is 0.664. The summed E-state index contributed by atoms with van der Waals surface area (Å²) in [4.78, 5) is 0. The van der Waals surface area contributed by atoms with E-state index in [1.807, 2.05) is 0 Å². The predicted molar refractivity (Wildman–Crippen MR) is 79.7 cm³/mol. The van der Waals surface area contributed by atoms with Crippen LogP contribution in [-0.4, -0.2) is 12.6 Å². The Labute approximate surface area is 114 Å². The Morgan fingerprint density at radius 2 is 1.72 bits per heavy atom. The number of hydrogen-bond acceptors (Lipinski definition) is 1. The van der Waals surface area contributed by atoms with Crippen molar-refractivity contribution in [3.05, 3.63) is 0 Å². The molecule has 0 bridgehead atoms. The second-order valence-electron chi connectivity index (χ2n) is 7.07. The zero-order valence-corrected chi connectivity index (χ0v) is 12.8. The van der Waals surface area contributed by atoms with Crippen LogP contribution < -0.4 is 5.32 Å². The average molecular weight is 251 g/mol. The number of fused-ring (bicyclic) bond motifs is 1. The highest BCUT2D eigenvalue weighted by atomic mass is 14.9. The van der Waals surface area contributed by atoms with Crippen LogP contribution in [0.5, 0.6) is 0 Å². The van der Waals surface area contributed by atoms with Gasteiger partial charge in [-0.2, -0.15) is 0 Å². The van der Waals surface area contributed by atoms with Crippen molar-refractivity contribution in [1.82, 2.24) is 5.32 Å². The van der Waals surface area contributed by atoms with Crippen LogP contribution in [0.15, 0.2) is 0 Å². The first-order valence-corrected chi connectivity index (χ1v) is 8.47. The molecule has 2 rings (SSSR count). The summed E-state index contributed by atoms with van der Waals surface area (Å²) in [5, 5.41) is 3.86. The Bertz CT molecular complexity index is 224. The molecule has 0 radical (unpaired) electrons. The van der Waals surface area contributed by atoms with Gasteiger partial charge in [-0.3, -0.25) is 0 Å². The molecule has 1 nitrogen and oxygen atoms in total. The first kappa shape index (κ1) is 14.4. The van der Waals surface area contributed by atoms with Crippen LogP contribution in [0.2, 0.25) is 0 Å². The lowest BCUT2D eigenvalue weighted by Crippen LogP contribution is -2.33. The molecule has 0 heterocycles. The van der Waals surface area contributed by atoms with Gasteiger partial charge in [-0.05, 0) is 55.9 Å². The van der Waals surface area contributed by atoms with Crippen LogP contribution in [-0.2, 0) is 0 Å². The third-order valence-corrected chi connectivity index (χ3v) is 5.14. The largest absolute Gasteiger partial charge is 0.314 e. The van der Waals surface area contributed by atoms with E-state index in [9.17, 15) is 0 Å². The molecule has 18 heavy (non-hydrogen) atoms. The summed E-state index contributed by atoms with van der Waals surface area (Å²) < 4.78 is 0. The van der Waals surface area contributed by atoms with E-state index in [0.717, 1.165) is 29.7 Å². The molecule has 2 saturated carbocycles. The second kappa shape index (κ2) is 6.93. The molecule has 1 N–H and O–H groups in total. The molecule has 3 atom stereocenters. The zero-order chi connectivity index (χ0) is 13.0. The Kier molecular flexibility index (Phi) is 5.54. The van der Waals surface area contributed by atoms with E-state index in [1.165, 1.54) is 57.9 Å². The van der Waals surface area contributed by atoms with Gasteiger partial charge < -0.3 is 5.32 Å². The van der Waals surface area contributed by atoms with Crippen molar-refractivity contribution in [3.63, 3.8) is 0 Å². The van der Waals surface area contributed by atoms with Crippen LogP contribution >= 0.6 is 0 Å². The SMILES string of the molecule is CCCNC(CCCC(C)C)C1C2CCCCC21. The number of hydrogen-bond donors (Lipinski definition) is 1. The first-order valence-electron chi connectivity index (χ1n) is 8.47. The van der Waals surface area contributed by atoms with E-state index in [-0.39, 0.29) is 0 Å². The lowest BCUT2D eigenvalue weighted by Gasteiger charge is -2.19. The maximum Gasteiger partial charge on any atom is 0.0101 e. The molecule has 0 amide bonds. The summed E-state index contributed by atoms with van der Waals surface area (Å²) in [5.74, 6) is 4.13. The minimum atomic E-state index is 0.844. The summed E-state index contributed by atoms with van der Waals surface area (Å²) in [6.45, 7) is 8.22. The van der Waals surface area contributed by atoms with Crippen LogP contribution in [0.25, 0.3) is 0 Å². The van der Waals surface area contributed by atoms with Crippen LogP contribution in [0.3, 0.4) is 0 Å². The third-order valence-electron chi connectivity index (χ3n) is 5.14. The van der Waals surface area contributed by atoms with E-state index in [0.29, 0.717) is 0 Å². The van der Waals surface area contributed by atoms with Gasteiger partial charge in [0.15, 0.2) is 0 Å². The van der Waals surface area contributed by atoms with E-state index in [1.54, 1.807) is 0 Å². The summed E-state index contributed by atoms with van der Waals surface area (Å²) >= 11 is 0. The Morgan fingerprint density at radius 1 is 1.06 bits per heavy atom. The fourth-order valence-corrected chi connectivity index (χ4v) is 4.15. The number of rotatable bonds is 8. The highest BCUT2D eigenvalue weighted by molar-refractivity contribution is 5.04. The molecule has 0 aromatic rings. The van der Waals surface area contributed by atoms with Crippen molar-refractivity contribution >= 4 is 0 Å². The molecule has 0 saturated heterocycles. The van der Waals surface area contributed by atoms with Gasteiger partial charge in [0.25, 0.3) is 0 Å². The lowest BCUT2D eigenvalue weighted by atomic mass is 9.98. The summed E-state index contributed by atoms with van der Waals surface area (Å²) in [6.07, 6.45) is 11.6. The fourth-order valence-electron chi connectivity index (χ4n) is 4.15. The topological polar surface area (TPSA) is 12.0 Å². The smallest absolute Gasteiger partial charge is 0.0101 e. The molecular formula is C17H33N. The Hall–Kier alpha value is -0.0400. The standard InChI is InChI=1S/C17H33N/c1-4-12-18-16(11-7-8-13(2)3)17-14-9-5-6-10-15(14)17/h13-18H,4-12H2,1-3H3. The van der Waals surface area contributed by atoms with E-state index >= 15 is 0 Å². The van der Waals surface area contributed by atoms with Gasteiger partial charge in [0, 0.05) is 6.04 Å². The molecule has 2 aliphatic carbocycles. The maximum absolute atomic E-state index is 3.86. The molecule has 0 aliphatic heterocycles. The second-order valence-corrected chi connectivity index (χ2v) is 7.07. The van der Waals surface area contributed by atoms with Crippen molar-refractivity contribution in [2.75, 3.05) is 6.54 Å². The normalized spacial score (nSPS) is 32.3. The van der Waals surface area contributed by atoms with Crippen molar-refractivity contribution in [3.8, 4) is 0 Å². The molecule has 3 unspecified atom stereocenters. The minimum absolute atomic E-state index is 0.844. The molecule has 0 aromatic heterocycles. The van der Waals surface area contributed by atoms with Gasteiger partial charge in [-0.1, -0.05) is 46.5 Å². The van der Waals surface area contributed by atoms with Gasteiger partial charge in [0.05, 0.1) is 0 Å². The fraction of sp³-hybridized carbons (Fsp3) is 1.00. The maximum atomic E-state index is 3.86. The van der Waals surface area contributed by atoms with Crippen LogP contribution in [0.4, 0.5) is 0 Å². The van der Waals surface area contributed by atoms with Gasteiger partial charge in [0.1, 0.15) is 0 Å². The van der Waals surface area contributed by atoms with E-state index in [4.69, 9.17) is 0 Å². The zero-order valence-electron chi connectivity index (χ0n) is 12.8. The summed E-state index contributed by atoms with van der Waals surface area (Å²) in [5.41, 5.74) is 0. The van der Waals surface area contributed by atoms with Crippen molar-refractivity contribution in [2.24, 2.45) is 23.7 Å². The van der Waals surface area contributed by atoms with E-state index < -0.39 is 0 Å². The highest BCUT2D eigenvalue weighted by Crippen LogP contribution is 2.57. The predicted octanol–water partition coefficient (Wildman–Crippen LogP) is 4.62. The van der Waals surface area contributed by atoms with Gasteiger partial charge in [-0.25, -0.2) is 0 Å². The molecule has 106 valence electrons. The number of nitrogens with one attached hydrogen (secondary N) is 1. The monoisotopic (exact) mass is 251 g/mol. The molecule has 2 aliphatic rings. The highest BCUT2D eigenvalue weighted by Gasteiger charge is 2.53. The van der Waals surface area contributed by atoms with Crippen LogP contribution in [0, 0.1) is 23.7 Å². The van der Waals surface area contributed by atoms with Gasteiger partial charge in [-0.15, -0.1) is 0 Å². The molecule has 0 spiro atoms. The third kappa shape index (κ3) is 3.73. The molecule has 0 aromatic carbocycles. The first-order chi connectivity index (χ1) is 8.74. The molecule has 1 heteroatoms. The Balaban J connectivity index is 1.77. The molecular weight excluding hydrogens is 218 g/mol. The van der Waals surface area contributed by atoms with Crippen LogP contribution in [0.1, 0.15) is 72.1 Å². The Morgan fingerprint density at radius 3 is 2.28 bits per heavy atom. The minimum Gasteiger partial charge on any atom is -0.314 e. The summed E-state index contributed by atoms with van der Waals surface area (Å²) in [6, 6.07) is 0.844. The molecule has 2 fully saturated rings. The van der Waals surface area contributed by atoms with Crippen molar-refractivity contribution < 1.29 is 0 Å². The average Bonchev–Trinajstić information content (AvgIpc) is 3.07. The van der Waals surface area contributed by atoms with Crippen molar-refractivity contribution in [2.45, 2.75) is 78.2 Å². The van der Waals surface area contributed by atoms with Gasteiger partial charge in [0.2, 0.25) is 0 Å². The van der Waals surface area contributed by atoms with E-state index in [2.05, 4.69) is 26.1 Å². The van der Waals surface area contributed by atoms with Crippen molar-refractivity contribution in [1.29, 1.82) is 0 Å². The summed E-state index contributed by atoms with van der Waals surface area (Å²) in [7, 11) is 0. The van der Waals surface area contributed by atoms with Gasteiger partial charge >= 0.3 is 0 Å². The lowest BCUT2D eigenvalue weighted by molar-refractivity contribution is 0.381.